The quantitative estimate of drug-likeness (QED) is 0.720. The van der Waals surface area contributed by atoms with Gasteiger partial charge in [-0.2, -0.15) is 0 Å². The number of aliphatic hydroxyl groups is 1. The van der Waals surface area contributed by atoms with Crippen LogP contribution in [-0.4, -0.2) is 17.0 Å². The smallest absolute Gasteiger partial charge is 0.191 e. The molecule has 0 amide bonds. The molecule has 0 fully saturated rings. The highest BCUT2D eigenvalue weighted by Crippen LogP contribution is 2.22. The molecule has 0 unspecified atom stereocenters. The molecular formula is C12H12O2. The summed E-state index contributed by atoms with van der Waals surface area (Å²) in [5.41, 5.74) is 1.20. The first kappa shape index (κ1) is 9.16. The van der Waals surface area contributed by atoms with Crippen LogP contribution >= 0.6 is 0 Å². The standard InChI is InChI=1S/C12H12O2/c13-11-8-4-7-10(11)12(14)9-5-2-1-3-6-9/h1-3,5-7,11,13H,4,8H2/t11-/m0/s1. The van der Waals surface area contributed by atoms with Crippen LogP contribution in [0.5, 0.6) is 0 Å². The lowest BCUT2D eigenvalue weighted by Gasteiger charge is -2.06. The lowest BCUT2D eigenvalue weighted by Crippen LogP contribution is -2.13. The molecule has 0 saturated carbocycles. The summed E-state index contributed by atoms with van der Waals surface area (Å²) in [6.07, 6.45) is 2.74. The van der Waals surface area contributed by atoms with Crippen LogP contribution in [0.4, 0.5) is 0 Å². The Kier molecular flexibility index (Phi) is 2.46. The summed E-state index contributed by atoms with van der Waals surface area (Å²) in [4.78, 5) is 11.8. The number of ketones is 1. The topological polar surface area (TPSA) is 37.3 Å². The zero-order chi connectivity index (χ0) is 9.97. The van der Waals surface area contributed by atoms with Crippen LogP contribution < -0.4 is 0 Å². The minimum Gasteiger partial charge on any atom is -0.388 e. The molecule has 0 aliphatic heterocycles. The lowest BCUT2D eigenvalue weighted by atomic mass is 10.0. The number of benzene rings is 1. The van der Waals surface area contributed by atoms with E-state index in [4.69, 9.17) is 0 Å². The average Bonchev–Trinajstić information content (AvgIpc) is 2.65. The third-order valence-electron chi connectivity index (χ3n) is 2.46. The maximum absolute atomic E-state index is 11.8. The third-order valence-corrected chi connectivity index (χ3v) is 2.46. The molecule has 2 rings (SSSR count). The molecule has 1 N–H and O–H groups in total. The van der Waals surface area contributed by atoms with E-state index in [0.29, 0.717) is 17.6 Å². The van der Waals surface area contributed by atoms with Crippen molar-refractivity contribution in [2.75, 3.05) is 0 Å². The van der Waals surface area contributed by atoms with Gasteiger partial charge in [0.25, 0.3) is 0 Å². The second kappa shape index (κ2) is 3.76. The van der Waals surface area contributed by atoms with Crippen molar-refractivity contribution in [3.8, 4) is 0 Å². The molecule has 1 aliphatic carbocycles. The zero-order valence-corrected chi connectivity index (χ0v) is 7.81. The first-order valence-corrected chi connectivity index (χ1v) is 4.77. The fraction of sp³-hybridized carbons (Fsp3) is 0.250. The van der Waals surface area contributed by atoms with Crippen molar-refractivity contribution in [3.05, 3.63) is 47.5 Å². The van der Waals surface area contributed by atoms with E-state index < -0.39 is 6.10 Å². The number of carbonyl (C=O) groups excluding carboxylic acids is 1. The molecule has 0 saturated heterocycles. The zero-order valence-electron chi connectivity index (χ0n) is 7.81. The Morgan fingerprint density at radius 2 is 2.00 bits per heavy atom. The van der Waals surface area contributed by atoms with Gasteiger partial charge < -0.3 is 5.11 Å². The van der Waals surface area contributed by atoms with Crippen LogP contribution in [-0.2, 0) is 0 Å². The number of rotatable bonds is 2. The molecular weight excluding hydrogens is 176 g/mol. The Labute approximate surface area is 82.9 Å². The Morgan fingerprint density at radius 1 is 1.29 bits per heavy atom. The highest BCUT2D eigenvalue weighted by Gasteiger charge is 2.23. The molecule has 0 bridgehead atoms. The van der Waals surface area contributed by atoms with Crippen LogP contribution in [0.25, 0.3) is 0 Å². The second-order valence-corrected chi connectivity index (χ2v) is 3.45. The summed E-state index contributed by atoms with van der Waals surface area (Å²) < 4.78 is 0. The third kappa shape index (κ3) is 1.61. The number of Topliss-reactive ketones (excluding diaryl/α,β-unsaturated/α-hetero) is 1. The van der Waals surface area contributed by atoms with Crippen LogP contribution in [0.3, 0.4) is 0 Å². The number of allylic oxidation sites excluding steroid dienone is 1. The van der Waals surface area contributed by atoms with Gasteiger partial charge in [-0.05, 0) is 12.8 Å². The number of aliphatic hydroxyl groups excluding tert-OH is 1. The van der Waals surface area contributed by atoms with Gasteiger partial charge in [0.2, 0.25) is 0 Å². The van der Waals surface area contributed by atoms with Gasteiger partial charge in [-0.1, -0.05) is 36.4 Å². The Balaban J connectivity index is 2.25. The van der Waals surface area contributed by atoms with Crippen LogP contribution in [0.15, 0.2) is 42.0 Å². The van der Waals surface area contributed by atoms with Crippen molar-refractivity contribution in [2.24, 2.45) is 0 Å². The van der Waals surface area contributed by atoms with Crippen LogP contribution in [0.1, 0.15) is 23.2 Å². The summed E-state index contributed by atoms with van der Waals surface area (Å²) in [5.74, 6) is -0.0457. The monoisotopic (exact) mass is 188 g/mol. The Bertz CT molecular complexity index is 365. The van der Waals surface area contributed by atoms with E-state index >= 15 is 0 Å². The predicted molar refractivity (Wildman–Crippen MR) is 54.1 cm³/mol. The van der Waals surface area contributed by atoms with E-state index in [1.165, 1.54) is 0 Å². The Hall–Kier alpha value is -1.41. The molecule has 2 nitrogen and oxygen atoms in total. The summed E-state index contributed by atoms with van der Waals surface area (Å²) in [6.45, 7) is 0. The lowest BCUT2D eigenvalue weighted by molar-refractivity contribution is 0.0992. The summed E-state index contributed by atoms with van der Waals surface area (Å²) >= 11 is 0. The molecule has 1 aliphatic rings. The number of carbonyl (C=O) groups is 1. The van der Waals surface area contributed by atoms with E-state index in [0.717, 1.165) is 6.42 Å². The number of hydrogen-bond donors (Lipinski definition) is 1. The van der Waals surface area contributed by atoms with Gasteiger partial charge in [-0.15, -0.1) is 0 Å². The van der Waals surface area contributed by atoms with Gasteiger partial charge in [0, 0.05) is 11.1 Å². The minimum atomic E-state index is -0.567. The highest BCUT2D eigenvalue weighted by atomic mass is 16.3. The van der Waals surface area contributed by atoms with Crippen LogP contribution in [0, 0.1) is 0 Å². The van der Waals surface area contributed by atoms with Crippen molar-refractivity contribution in [3.63, 3.8) is 0 Å². The molecule has 14 heavy (non-hydrogen) atoms. The van der Waals surface area contributed by atoms with Crippen molar-refractivity contribution in [1.82, 2.24) is 0 Å². The fourth-order valence-corrected chi connectivity index (χ4v) is 1.69. The van der Waals surface area contributed by atoms with Gasteiger partial charge in [-0.3, -0.25) is 4.79 Å². The van der Waals surface area contributed by atoms with E-state index in [1.54, 1.807) is 12.1 Å². The molecule has 72 valence electrons. The van der Waals surface area contributed by atoms with E-state index in [9.17, 15) is 9.90 Å². The first-order valence-electron chi connectivity index (χ1n) is 4.77. The molecule has 0 heterocycles. The summed E-state index contributed by atoms with van der Waals surface area (Å²) in [7, 11) is 0. The van der Waals surface area contributed by atoms with Crippen molar-refractivity contribution in [2.45, 2.75) is 18.9 Å². The molecule has 0 radical (unpaired) electrons. The SMILES string of the molecule is O=C(C1=CCC[C@@H]1O)c1ccccc1. The van der Waals surface area contributed by atoms with Crippen molar-refractivity contribution < 1.29 is 9.90 Å². The highest BCUT2D eigenvalue weighted by molar-refractivity contribution is 6.09. The van der Waals surface area contributed by atoms with E-state index in [2.05, 4.69) is 0 Å². The maximum Gasteiger partial charge on any atom is 0.191 e. The molecule has 2 heteroatoms. The molecule has 1 atom stereocenters. The molecule has 0 spiro atoms. The summed E-state index contributed by atoms with van der Waals surface area (Å²) in [5, 5.41) is 9.53. The second-order valence-electron chi connectivity index (χ2n) is 3.45. The Morgan fingerprint density at radius 3 is 2.57 bits per heavy atom. The van der Waals surface area contributed by atoms with Gasteiger partial charge >= 0.3 is 0 Å². The van der Waals surface area contributed by atoms with Gasteiger partial charge in [0.05, 0.1) is 6.10 Å². The normalized spacial score (nSPS) is 20.6. The minimum absolute atomic E-state index is 0.0457. The largest absolute Gasteiger partial charge is 0.388 e. The van der Waals surface area contributed by atoms with Gasteiger partial charge in [-0.25, -0.2) is 0 Å². The summed E-state index contributed by atoms with van der Waals surface area (Å²) in [6, 6.07) is 9.07. The van der Waals surface area contributed by atoms with Gasteiger partial charge in [0.1, 0.15) is 0 Å². The number of hydrogen-bond acceptors (Lipinski definition) is 2. The van der Waals surface area contributed by atoms with E-state index in [-0.39, 0.29) is 5.78 Å². The van der Waals surface area contributed by atoms with Crippen LogP contribution in [0.2, 0.25) is 0 Å². The maximum atomic E-state index is 11.8. The van der Waals surface area contributed by atoms with E-state index in [1.807, 2.05) is 24.3 Å². The average molecular weight is 188 g/mol. The molecule has 1 aromatic carbocycles. The molecule has 1 aromatic rings. The van der Waals surface area contributed by atoms with Gasteiger partial charge in [0.15, 0.2) is 5.78 Å². The predicted octanol–water partition coefficient (Wildman–Crippen LogP) is 1.95. The van der Waals surface area contributed by atoms with Crippen molar-refractivity contribution >= 4 is 5.78 Å². The van der Waals surface area contributed by atoms with Crippen molar-refractivity contribution in [1.29, 1.82) is 0 Å². The molecule has 0 aromatic heterocycles. The first-order chi connectivity index (χ1) is 6.79. The fourth-order valence-electron chi connectivity index (χ4n) is 1.69.